The fourth-order valence-corrected chi connectivity index (χ4v) is 6.16. The third-order valence-corrected chi connectivity index (χ3v) is 8.36. The Morgan fingerprint density at radius 3 is 2.43 bits per heavy atom. The lowest BCUT2D eigenvalue weighted by Gasteiger charge is -2.19. The van der Waals surface area contributed by atoms with Crippen LogP contribution in [0.15, 0.2) is 77.7 Å². The number of sulfonamides is 1. The van der Waals surface area contributed by atoms with Gasteiger partial charge in [-0.15, -0.1) is 11.3 Å². The van der Waals surface area contributed by atoms with Gasteiger partial charge in [-0.2, -0.15) is 4.72 Å². The SMILES string of the molecule is COC(=O)c1cc2cc(NC(=O)[C@@H](Cc3ccccc3)NS(=O)(=O)c3ccc(OC)c(Cl)c3)ccc2s1. The fourth-order valence-electron chi connectivity index (χ4n) is 3.66. The Kier molecular flexibility index (Phi) is 8.13. The molecule has 3 aromatic carbocycles. The second-order valence-corrected chi connectivity index (χ2v) is 11.2. The molecule has 0 aliphatic rings. The summed E-state index contributed by atoms with van der Waals surface area (Å²) in [4.78, 5) is 25.5. The second kappa shape index (κ2) is 11.3. The summed E-state index contributed by atoms with van der Waals surface area (Å²) in [5.41, 5.74) is 1.23. The number of anilines is 1. The highest BCUT2D eigenvalue weighted by molar-refractivity contribution is 7.89. The number of carbonyl (C=O) groups is 2. The standard InChI is InChI=1S/C26H23ClN2O6S2/c1-34-22-10-9-19(15-20(22)27)37(32,33)29-21(12-16-6-4-3-5-7-16)25(30)28-18-8-11-23-17(13-18)14-24(36-23)26(31)35-2/h3-11,13-15,21,29H,12H2,1-2H3,(H,28,30)/t21-/m1/s1. The van der Waals surface area contributed by atoms with Gasteiger partial charge in [0.25, 0.3) is 0 Å². The molecular weight excluding hydrogens is 536 g/mol. The molecule has 0 spiro atoms. The van der Waals surface area contributed by atoms with E-state index in [1.165, 1.54) is 43.8 Å². The van der Waals surface area contributed by atoms with Crippen LogP contribution in [0.1, 0.15) is 15.2 Å². The molecule has 1 aromatic heterocycles. The number of amides is 1. The van der Waals surface area contributed by atoms with E-state index in [0.717, 1.165) is 15.6 Å². The average Bonchev–Trinajstić information content (AvgIpc) is 3.32. The van der Waals surface area contributed by atoms with Crippen LogP contribution in [0.5, 0.6) is 5.75 Å². The number of thiophene rings is 1. The number of benzene rings is 3. The molecule has 4 aromatic rings. The van der Waals surface area contributed by atoms with Gasteiger partial charge in [-0.05, 0) is 59.8 Å². The summed E-state index contributed by atoms with van der Waals surface area (Å²) in [6, 6.07) is 18.9. The summed E-state index contributed by atoms with van der Waals surface area (Å²) in [5, 5.41) is 3.66. The minimum atomic E-state index is -4.11. The van der Waals surface area contributed by atoms with Gasteiger partial charge in [0.2, 0.25) is 15.9 Å². The van der Waals surface area contributed by atoms with E-state index in [0.29, 0.717) is 16.3 Å². The average molecular weight is 559 g/mol. The first-order valence-corrected chi connectivity index (χ1v) is 13.7. The predicted octanol–water partition coefficient (Wildman–Crippen LogP) is 4.88. The van der Waals surface area contributed by atoms with E-state index in [4.69, 9.17) is 21.1 Å². The van der Waals surface area contributed by atoms with Crippen LogP contribution < -0.4 is 14.8 Å². The van der Waals surface area contributed by atoms with Crippen LogP contribution >= 0.6 is 22.9 Å². The molecule has 1 heterocycles. The molecule has 0 saturated carbocycles. The molecule has 0 bridgehead atoms. The zero-order valence-electron chi connectivity index (χ0n) is 19.9. The number of nitrogens with one attached hydrogen (secondary N) is 2. The molecular formula is C26H23ClN2O6S2. The summed E-state index contributed by atoms with van der Waals surface area (Å²) >= 11 is 7.40. The maximum Gasteiger partial charge on any atom is 0.348 e. The quantitative estimate of drug-likeness (QED) is 0.283. The van der Waals surface area contributed by atoms with Crippen molar-refractivity contribution in [1.82, 2.24) is 4.72 Å². The molecule has 0 radical (unpaired) electrons. The maximum atomic E-state index is 13.3. The van der Waals surface area contributed by atoms with Crippen molar-refractivity contribution in [3.8, 4) is 5.75 Å². The number of hydrogen-bond donors (Lipinski definition) is 2. The van der Waals surface area contributed by atoms with Crippen molar-refractivity contribution in [2.75, 3.05) is 19.5 Å². The van der Waals surface area contributed by atoms with Crippen molar-refractivity contribution < 1.29 is 27.5 Å². The molecule has 37 heavy (non-hydrogen) atoms. The predicted molar refractivity (Wildman–Crippen MR) is 144 cm³/mol. The van der Waals surface area contributed by atoms with Gasteiger partial charge < -0.3 is 14.8 Å². The number of ether oxygens (including phenoxy) is 2. The van der Waals surface area contributed by atoms with Crippen LogP contribution in [-0.2, 0) is 26.0 Å². The van der Waals surface area contributed by atoms with Crippen molar-refractivity contribution >= 4 is 60.6 Å². The summed E-state index contributed by atoms with van der Waals surface area (Å²) in [7, 11) is -1.37. The highest BCUT2D eigenvalue weighted by Gasteiger charge is 2.27. The molecule has 0 aliphatic heterocycles. The van der Waals surface area contributed by atoms with E-state index in [1.54, 1.807) is 24.3 Å². The van der Waals surface area contributed by atoms with Gasteiger partial charge in [0.05, 0.1) is 24.1 Å². The number of rotatable bonds is 9. The van der Waals surface area contributed by atoms with Crippen LogP contribution in [0.2, 0.25) is 5.02 Å². The Labute approximate surface area is 223 Å². The fraction of sp³-hybridized carbons (Fsp3) is 0.154. The van der Waals surface area contributed by atoms with Crippen molar-refractivity contribution in [2.24, 2.45) is 0 Å². The molecule has 0 fully saturated rings. The lowest BCUT2D eigenvalue weighted by Crippen LogP contribution is -2.45. The van der Waals surface area contributed by atoms with Gasteiger partial charge in [-0.25, -0.2) is 13.2 Å². The van der Waals surface area contributed by atoms with Crippen LogP contribution in [-0.4, -0.2) is 40.6 Å². The molecule has 1 amide bonds. The molecule has 0 saturated heterocycles. The van der Waals surface area contributed by atoms with E-state index in [9.17, 15) is 18.0 Å². The minimum Gasteiger partial charge on any atom is -0.495 e. The van der Waals surface area contributed by atoms with E-state index in [-0.39, 0.29) is 16.3 Å². The largest absolute Gasteiger partial charge is 0.495 e. The first-order valence-electron chi connectivity index (χ1n) is 11.0. The first-order chi connectivity index (χ1) is 17.7. The molecule has 192 valence electrons. The smallest absolute Gasteiger partial charge is 0.348 e. The third-order valence-electron chi connectivity index (χ3n) is 5.50. The summed E-state index contributed by atoms with van der Waals surface area (Å²) in [6.45, 7) is 0. The van der Waals surface area contributed by atoms with Crippen molar-refractivity contribution in [3.63, 3.8) is 0 Å². The van der Waals surface area contributed by atoms with Crippen molar-refractivity contribution in [2.45, 2.75) is 17.4 Å². The minimum absolute atomic E-state index is 0.0980. The summed E-state index contributed by atoms with van der Waals surface area (Å²) < 4.78 is 39.6. The molecule has 0 aliphatic carbocycles. The van der Waals surface area contributed by atoms with Gasteiger partial charge in [-0.1, -0.05) is 41.9 Å². The topological polar surface area (TPSA) is 111 Å². The highest BCUT2D eigenvalue weighted by atomic mass is 35.5. The lowest BCUT2D eigenvalue weighted by atomic mass is 10.1. The number of esters is 1. The van der Waals surface area contributed by atoms with Gasteiger partial charge >= 0.3 is 5.97 Å². The number of fused-ring (bicyclic) bond motifs is 1. The molecule has 4 rings (SSSR count). The van der Waals surface area contributed by atoms with Gasteiger partial charge in [0, 0.05) is 10.4 Å². The van der Waals surface area contributed by atoms with E-state index in [2.05, 4.69) is 10.0 Å². The van der Waals surface area contributed by atoms with Gasteiger partial charge in [0.15, 0.2) is 0 Å². The van der Waals surface area contributed by atoms with E-state index in [1.807, 2.05) is 30.3 Å². The molecule has 0 unspecified atom stereocenters. The number of carbonyl (C=O) groups excluding carboxylic acids is 2. The van der Waals surface area contributed by atoms with Crippen LogP contribution in [0.25, 0.3) is 10.1 Å². The number of methoxy groups -OCH3 is 2. The molecule has 1 atom stereocenters. The number of halogens is 1. The number of hydrogen-bond acceptors (Lipinski definition) is 7. The Hall–Kier alpha value is -3.44. The third kappa shape index (κ3) is 6.28. The second-order valence-electron chi connectivity index (χ2n) is 8.00. The lowest BCUT2D eigenvalue weighted by molar-refractivity contribution is -0.117. The Balaban J connectivity index is 1.60. The van der Waals surface area contributed by atoms with Crippen LogP contribution in [0.4, 0.5) is 5.69 Å². The van der Waals surface area contributed by atoms with E-state index < -0.39 is 27.9 Å². The summed E-state index contributed by atoms with van der Waals surface area (Å²) in [5.74, 6) is -0.657. The highest BCUT2D eigenvalue weighted by Crippen LogP contribution is 2.29. The first kappa shape index (κ1) is 26.6. The Bertz CT molecular complexity index is 1550. The zero-order valence-corrected chi connectivity index (χ0v) is 22.2. The van der Waals surface area contributed by atoms with Crippen LogP contribution in [0, 0.1) is 0 Å². The molecule has 11 heteroatoms. The Morgan fingerprint density at radius 1 is 1.00 bits per heavy atom. The maximum absolute atomic E-state index is 13.3. The monoisotopic (exact) mass is 558 g/mol. The zero-order chi connectivity index (χ0) is 26.6. The normalized spacial score (nSPS) is 12.2. The van der Waals surface area contributed by atoms with E-state index >= 15 is 0 Å². The molecule has 8 nitrogen and oxygen atoms in total. The van der Waals surface area contributed by atoms with Crippen molar-refractivity contribution in [3.05, 3.63) is 88.3 Å². The van der Waals surface area contributed by atoms with Gasteiger partial charge in [-0.3, -0.25) is 4.79 Å². The van der Waals surface area contributed by atoms with Crippen LogP contribution in [0.3, 0.4) is 0 Å². The Morgan fingerprint density at radius 2 is 1.76 bits per heavy atom. The van der Waals surface area contributed by atoms with Gasteiger partial charge in [0.1, 0.15) is 16.7 Å². The van der Waals surface area contributed by atoms with Crippen molar-refractivity contribution in [1.29, 1.82) is 0 Å². The molecule has 2 N–H and O–H groups in total. The summed E-state index contributed by atoms with van der Waals surface area (Å²) in [6.07, 6.45) is 0.114.